The number of ketones is 1. The summed E-state index contributed by atoms with van der Waals surface area (Å²) in [6, 6.07) is 8.87. The van der Waals surface area contributed by atoms with E-state index in [1.54, 1.807) is 47.9 Å². The smallest absolute Gasteiger partial charge is 0.290 e. The molecule has 2 amide bonds. The predicted octanol–water partition coefficient (Wildman–Crippen LogP) is 2.36. The molecule has 4 aromatic heterocycles. The van der Waals surface area contributed by atoms with Crippen molar-refractivity contribution < 1.29 is 23.5 Å². The summed E-state index contributed by atoms with van der Waals surface area (Å²) in [4.78, 5) is 55.3. The second kappa shape index (κ2) is 9.58. The number of hydrogen-bond donors (Lipinski definition) is 1. The fourth-order valence-electron chi connectivity index (χ4n) is 4.98. The summed E-state index contributed by atoms with van der Waals surface area (Å²) < 4.78 is 11.5. The number of aromatic nitrogens is 3. The highest BCUT2D eigenvalue weighted by Gasteiger charge is 2.40. The van der Waals surface area contributed by atoms with Gasteiger partial charge in [-0.2, -0.15) is 0 Å². The number of hydrogen-bond acceptors (Lipinski definition) is 9. The molecule has 0 aliphatic carbocycles. The quantitative estimate of drug-likeness (QED) is 0.400. The van der Waals surface area contributed by atoms with E-state index >= 15 is 0 Å². The number of methoxy groups -OCH3 is 1. The number of nitrogens with one attached hydrogen (secondary N) is 1. The molecule has 1 atom stereocenters. The Balaban J connectivity index is 1.21. The van der Waals surface area contributed by atoms with Crippen LogP contribution in [-0.2, 0) is 9.59 Å². The van der Waals surface area contributed by atoms with Gasteiger partial charge in [-0.1, -0.05) is 6.07 Å². The lowest BCUT2D eigenvalue weighted by atomic mass is 9.94. The molecule has 6 rings (SSSR count). The number of carbonyl (C=O) groups excluding carboxylic acids is 3. The molecule has 11 heteroatoms. The van der Waals surface area contributed by atoms with E-state index in [1.807, 2.05) is 12.1 Å². The number of fused-ring (bicyclic) bond motifs is 2. The SMILES string of the molecule is COc1cnc(-c2cc3ccncc3o2)c2c1C(C(=O)C(=O)N1CCN(C(=O)c3ccccn3)CC1)CN2. The number of rotatable bonds is 5. The number of Topliss-reactive ketones (excluding diaryl/α,β-unsaturated/α-hetero) is 1. The Morgan fingerprint density at radius 1 is 1.03 bits per heavy atom. The molecule has 0 aromatic carbocycles. The van der Waals surface area contributed by atoms with Crippen LogP contribution in [0.4, 0.5) is 5.69 Å². The van der Waals surface area contributed by atoms with Crippen molar-refractivity contribution in [3.63, 3.8) is 0 Å². The molecule has 1 N–H and O–H groups in total. The molecule has 11 nitrogen and oxygen atoms in total. The molecule has 192 valence electrons. The van der Waals surface area contributed by atoms with E-state index in [0.717, 1.165) is 5.39 Å². The third-order valence-corrected chi connectivity index (χ3v) is 6.96. The minimum absolute atomic E-state index is 0.191. The van der Waals surface area contributed by atoms with E-state index in [0.29, 0.717) is 52.8 Å². The molecule has 1 fully saturated rings. The van der Waals surface area contributed by atoms with Gasteiger partial charge in [-0.3, -0.25) is 24.4 Å². The van der Waals surface area contributed by atoms with Gasteiger partial charge >= 0.3 is 0 Å². The fourth-order valence-corrected chi connectivity index (χ4v) is 4.98. The summed E-state index contributed by atoms with van der Waals surface area (Å²) in [6.07, 6.45) is 6.42. The third kappa shape index (κ3) is 4.01. The molecule has 2 aliphatic rings. The first kappa shape index (κ1) is 23.6. The van der Waals surface area contributed by atoms with Crippen molar-refractivity contribution >= 4 is 34.3 Å². The number of anilines is 1. The van der Waals surface area contributed by atoms with Crippen molar-refractivity contribution in [3.05, 3.63) is 66.4 Å². The molecule has 0 bridgehead atoms. The molecular weight excluding hydrogens is 488 g/mol. The van der Waals surface area contributed by atoms with Crippen LogP contribution in [0.1, 0.15) is 22.0 Å². The normalized spacial score (nSPS) is 16.7. The van der Waals surface area contributed by atoms with E-state index in [-0.39, 0.29) is 25.5 Å². The maximum Gasteiger partial charge on any atom is 0.290 e. The standard InChI is InChI=1S/C27H24N6O5/c1-37-21-15-31-23(19-12-16-5-7-28-14-20(16)38-19)24-22(21)17(13-30-24)25(34)27(36)33-10-8-32(9-11-33)26(35)18-4-2-3-6-29-18/h2-7,12,14-15,17,30H,8-11,13H2,1H3. The van der Waals surface area contributed by atoms with Crippen LogP contribution in [0.15, 0.2) is 59.5 Å². The van der Waals surface area contributed by atoms with Crippen molar-refractivity contribution in [2.75, 3.05) is 45.2 Å². The maximum atomic E-state index is 13.5. The van der Waals surface area contributed by atoms with Gasteiger partial charge in [0.15, 0.2) is 11.3 Å². The minimum atomic E-state index is -0.742. The first-order valence-corrected chi connectivity index (χ1v) is 12.2. The van der Waals surface area contributed by atoms with Crippen LogP contribution in [0.25, 0.3) is 22.4 Å². The molecule has 1 unspecified atom stereocenters. The van der Waals surface area contributed by atoms with Crippen molar-refractivity contribution in [1.82, 2.24) is 24.8 Å². The van der Waals surface area contributed by atoms with Crippen molar-refractivity contribution in [1.29, 1.82) is 0 Å². The summed E-state index contributed by atoms with van der Waals surface area (Å²) in [5.74, 6) is -1.11. The highest BCUT2D eigenvalue weighted by Crippen LogP contribution is 2.44. The van der Waals surface area contributed by atoms with E-state index in [4.69, 9.17) is 9.15 Å². The third-order valence-electron chi connectivity index (χ3n) is 6.96. The number of amides is 2. The summed E-state index contributed by atoms with van der Waals surface area (Å²) in [5.41, 5.74) is 2.69. The second-order valence-corrected chi connectivity index (χ2v) is 9.09. The van der Waals surface area contributed by atoms with Gasteiger partial charge in [0.25, 0.3) is 11.8 Å². The van der Waals surface area contributed by atoms with Gasteiger partial charge in [0, 0.05) is 56.1 Å². The Labute approximate surface area is 217 Å². The van der Waals surface area contributed by atoms with Gasteiger partial charge in [0.2, 0.25) is 5.78 Å². The zero-order chi connectivity index (χ0) is 26.2. The minimum Gasteiger partial charge on any atom is -0.495 e. The van der Waals surface area contributed by atoms with Gasteiger partial charge in [-0.05, 0) is 24.3 Å². The second-order valence-electron chi connectivity index (χ2n) is 9.09. The van der Waals surface area contributed by atoms with Crippen LogP contribution in [-0.4, -0.2) is 82.2 Å². The molecule has 0 saturated carbocycles. The van der Waals surface area contributed by atoms with Gasteiger partial charge in [0.1, 0.15) is 17.1 Å². The van der Waals surface area contributed by atoms with E-state index < -0.39 is 17.6 Å². The Bertz CT molecular complexity index is 1510. The lowest BCUT2D eigenvalue weighted by molar-refractivity contribution is -0.146. The van der Waals surface area contributed by atoms with Gasteiger partial charge in [-0.25, -0.2) is 4.98 Å². The highest BCUT2D eigenvalue weighted by atomic mass is 16.5. The van der Waals surface area contributed by atoms with E-state index in [1.165, 1.54) is 12.0 Å². The fraction of sp³-hybridized carbons (Fsp3) is 0.259. The number of pyridine rings is 3. The largest absolute Gasteiger partial charge is 0.495 e. The van der Waals surface area contributed by atoms with Gasteiger partial charge < -0.3 is 24.3 Å². The monoisotopic (exact) mass is 512 g/mol. The molecule has 38 heavy (non-hydrogen) atoms. The zero-order valence-corrected chi connectivity index (χ0v) is 20.6. The maximum absolute atomic E-state index is 13.5. The van der Waals surface area contributed by atoms with Crippen LogP contribution in [0.3, 0.4) is 0 Å². The Morgan fingerprint density at radius 2 is 1.84 bits per heavy atom. The number of carbonyl (C=O) groups is 3. The number of furan rings is 1. The predicted molar refractivity (Wildman–Crippen MR) is 137 cm³/mol. The Morgan fingerprint density at radius 3 is 2.58 bits per heavy atom. The van der Waals surface area contributed by atoms with E-state index in [2.05, 4.69) is 20.3 Å². The first-order chi connectivity index (χ1) is 18.5. The average Bonchev–Trinajstić information content (AvgIpc) is 3.61. The molecule has 0 radical (unpaired) electrons. The molecule has 2 aliphatic heterocycles. The van der Waals surface area contributed by atoms with Crippen LogP contribution in [0.2, 0.25) is 0 Å². The number of nitrogens with zero attached hydrogens (tertiary/aromatic N) is 5. The molecule has 0 spiro atoms. The Kier molecular flexibility index (Phi) is 5.95. The average molecular weight is 513 g/mol. The van der Waals surface area contributed by atoms with Crippen LogP contribution in [0.5, 0.6) is 5.75 Å². The lowest BCUT2D eigenvalue weighted by Crippen LogP contribution is -2.52. The van der Waals surface area contributed by atoms with Crippen LogP contribution in [0, 0.1) is 0 Å². The van der Waals surface area contributed by atoms with Gasteiger partial charge in [-0.15, -0.1) is 0 Å². The number of ether oxygens (including phenoxy) is 1. The molecule has 6 heterocycles. The summed E-state index contributed by atoms with van der Waals surface area (Å²) in [5, 5.41) is 4.12. The highest BCUT2D eigenvalue weighted by molar-refractivity contribution is 6.38. The van der Waals surface area contributed by atoms with Crippen molar-refractivity contribution in [2.24, 2.45) is 0 Å². The summed E-state index contributed by atoms with van der Waals surface area (Å²) >= 11 is 0. The molecular formula is C27H24N6O5. The van der Waals surface area contributed by atoms with Crippen LogP contribution >= 0.6 is 0 Å². The Hall–Kier alpha value is -4.80. The van der Waals surface area contributed by atoms with Crippen molar-refractivity contribution in [2.45, 2.75) is 5.92 Å². The summed E-state index contributed by atoms with van der Waals surface area (Å²) in [6.45, 7) is 1.41. The molecule has 1 saturated heterocycles. The first-order valence-electron chi connectivity index (χ1n) is 12.2. The van der Waals surface area contributed by atoms with Crippen molar-refractivity contribution in [3.8, 4) is 17.2 Å². The summed E-state index contributed by atoms with van der Waals surface area (Å²) in [7, 11) is 1.50. The van der Waals surface area contributed by atoms with Crippen LogP contribution < -0.4 is 10.1 Å². The molecule has 4 aromatic rings. The lowest BCUT2D eigenvalue weighted by Gasteiger charge is -2.34. The van der Waals surface area contributed by atoms with E-state index in [9.17, 15) is 14.4 Å². The van der Waals surface area contributed by atoms with Gasteiger partial charge in [0.05, 0.1) is 31.1 Å². The number of piperazine rings is 1. The zero-order valence-electron chi connectivity index (χ0n) is 20.6. The topological polar surface area (TPSA) is 131 Å².